The fourth-order valence-electron chi connectivity index (χ4n) is 2.86. The third-order valence-electron chi connectivity index (χ3n) is 3.76. The molecule has 0 radical (unpaired) electrons. The second-order valence-corrected chi connectivity index (χ2v) is 14.7. The normalized spacial score (nSPS) is 19.8. The monoisotopic (exact) mass is 506 g/mol. The summed E-state index contributed by atoms with van der Waals surface area (Å²) >= 11 is 3.50. The molecule has 0 spiro atoms. The molecule has 2 aliphatic carbocycles. The average molecular weight is 509 g/mol. The zero-order valence-corrected chi connectivity index (χ0v) is 18.5. The van der Waals surface area contributed by atoms with Crippen molar-refractivity contribution in [3.8, 4) is 0 Å². The van der Waals surface area contributed by atoms with Crippen LogP contribution in [0.2, 0.25) is 0 Å². The summed E-state index contributed by atoms with van der Waals surface area (Å²) in [6.07, 6.45) is 12.4. The van der Waals surface area contributed by atoms with Crippen LogP contribution in [0, 0.1) is 0 Å². The van der Waals surface area contributed by atoms with E-state index in [9.17, 15) is 0 Å². The molecule has 0 bridgehead atoms. The van der Waals surface area contributed by atoms with Gasteiger partial charge in [-0.1, -0.05) is 0 Å². The molecule has 1 unspecified atom stereocenters. The molecule has 1 heterocycles. The number of fused-ring (bicyclic) bond motifs is 3. The first-order valence-corrected chi connectivity index (χ1v) is 14.2. The van der Waals surface area contributed by atoms with Gasteiger partial charge in [0.2, 0.25) is 0 Å². The molecule has 3 aliphatic rings. The van der Waals surface area contributed by atoms with Gasteiger partial charge in [0.15, 0.2) is 0 Å². The minimum absolute atomic E-state index is 0. The molecule has 6 heteroatoms. The summed E-state index contributed by atoms with van der Waals surface area (Å²) in [5.74, 6) is 0. The summed E-state index contributed by atoms with van der Waals surface area (Å²) in [7, 11) is 6.01. The molecule has 0 nitrogen and oxygen atoms in total. The fourth-order valence-corrected chi connectivity index (χ4v) is 10.6. The van der Waals surface area contributed by atoms with Gasteiger partial charge in [0.1, 0.15) is 0 Å². The van der Waals surface area contributed by atoms with E-state index in [-0.39, 0.29) is 24.8 Å². The van der Waals surface area contributed by atoms with Crippen LogP contribution in [0.5, 0.6) is 0 Å². The molecule has 1 aliphatic heterocycles. The summed E-state index contributed by atoms with van der Waals surface area (Å²) in [6, 6.07) is 6.68. The number of allylic oxidation sites excluding steroid dienone is 5. The maximum atomic E-state index is 6.01. The summed E-state index contributed by atoms with van der Waals surface area (Å²) in [5.41, 5.74) is 4.22. The van der Waals surface area contributed by atoms with E-state index in [0.717, 1.165) is 6.42 Å². The Hall–Kier alpha value is 0.693. The number of benzene rings is 1. The first kappa shape index (κ1) is 19.0. The average Bonchev–Trinajstić information content (AvgIpc) is 3.12. The number of halogens is 3. The van der Waals surface area contributed by atoms with E-state index in [1.807, 2.05) is 11.8 Å². The van der Waals surface area contributed by atoms with Crippen molar-refractivity contribution >= 4 is 51.5 Å². The summed E-state index contributed by atoms with van der Waals surface area (Å²) in [5, 5.41) is 0. The zero-order chi connectivity index (χ0) is 13.7. The summed E-state index contributed by atoms with van der Waals surface area (Å²) in [6.45, 7) is 0. The van der Waals surface area contributed by atoms with Gasteiger partial charge < -0.3 is 24.8 Å². The Kier molecular flexibility index (Phi) is 6.67. The van der Waals surface area contributed by atoms with E-state index in [2.05, 4.69) is 64.5 Å². The topological polar surface area (TPSA) is 0 Å². The maximum absolute atomic E-state index is 6.01. The van der Waals surface area contributed by atoms with Gasteiger partial charge in [0.05, 0.1) is 0 Å². The zero-order valence-electron chi connectivity index (χ0n) is 11.4. The van der Waals surface area contributed by atoms with Gasteiger partial charge in [0, 0.05) is 0 Å². The first-order chi connectivity index (χ1) is 9.74. The number of hydrogen-bond donors (Lipinski definition) is 0. The molecule has 0 aromatic heterocycles. The molecule has 0 saturated carbocycles. The van der Waals surface area contributed by atoms with Gasteiger partial charge in [-0.05, 0) is 0 Å². The van der Waals surface area contributed by atoms with Crippen LogP contribution in [0.15, 0.2) is 50.7 Å². The predicted molar refractivity (Wildman–Crippen MR) is 91.8 cm³/mol. The van der Waals surface area contributed by atoms with Crippen molar-refractivity contribution in [1.29, 1.82) is 0 Å². The van der Waals surface area contributed by atoms with E-state index in [1.54, 1.807) is 0 Å². The fraction of sp³-hybridized carbons (Fsp3) is 0.125. The van der Waals surface area contributed by atoms with E-state index in [0.29, 0.717) is 4.16 Å². The molecule has 22 heavy (non-hydrogen) atoms. The van der Waals surface area contributed by atoms with Gasteiger partial charge in [-0.3, -0.25) is 0 Å². The van der Waals surface area contributed by atoms with Crippen LogP contribution >= 0.6 is 36.5 Å². The Morgan fingerprint density at radius 1 is 1.27 bits per heavy atom. The molecule has 0 amide bonds. The van der Waals surface area contributed by atoms with Crippen molar-refractivity contribution in [2.24, 2.45) is 0 Å². The Morgan fingerprint density at radius 3 is 2.82 bits per heavy atom. The molecule has 112 valence electrons. The van der Waals surface area contributed by atoms with E-state index < -0.39 is 19.7 Å². The minimum atomic E-state index is -2.08. The third-order valence-corrected chi connectivity index (χ3v) is 13.0. The van der Waals surface area contributed by atoms with Crippen molar-refractivity contribution < 1.29 is 44.5 Å². The van der Waals surface area contributed by atoms with Crippen molar-refractivity contribution in [2.45, 2.75) is 10.6 Å². The number of hydrogen-bond acceptors (Lipinski definition) is 2. The van der Waals surface area contributed by atoms with Crippen molar-refractivity contribution in [2.75, 3.05) is 0 Å². The van der Waals surface area contributed by atoms with Crippen LogP contribution in [-0.4, -0.2) is 4.16 Å². The van der Waals surface area contributed by atoms with Crippen molar-refractivity contribution in [3.63, 3.8) is 0 Å². The number of thioether (sulfide) groups is 1. The van der Waals surface area contributed by atoms with Crippen LogP contribution in [0.25, 0.3) is 11.6 Å². The molecule has 0 saturated heterocycles. The Labute approximate surface area is 166 Å². The first-order valence-electron chi connectivity index (χ1n) is 6.52. The second kappa shape index (κ2) is 7.72. The van der Waals surface area contributed by atoms with Crippen LogP contribution in [0.1, 0.15) is 17.5 Å². The quantitative estimate of drug-likeness (QED) is 0.475. The van der Waals surface area contributed by atoms with Crippen molar-refractivity contribution in [1.82, 2.24) is 0 Å². The van der Waals surface area contributed by atoms with Crippen LogP contribution in [0.3, 0.4) is 0 Å². The molecular formula is C16H11BrCl2S2Zr. The summed E-state index contributed by atoms with van der Waals surface area (Å²) in [4.78, 5) is 1.40. The molecule has 0 N–H and O–H groups in total. The molecule has 4 rings (SSSR count). The van der Waals surface area contributed by atoms with E-state index >= 15 is 0 Å². The third kappa shape index (κ3) is 3.25. The van der Waals surface area contributed by atoms with Crippen LogP contribution in [0.4, 0.5) is 0 Å². The van der Waals surface area contributed by atoms with Gasteiger partial charge in [-0.15, -0.1) is 0 Å². The standard InChI is InChI=1S/C11H6BrS.C5H5.2ClH.S.Zr/c12-11-6-9-8-4-2-1-3-7(8)5-10(9)13-11;1-2-4-5-3-1;;;;/h1-3,5-6,11H;1-3H,4H2;2*1H;;/q;;;;;+2/p-2. The summed E-state index contributed by atoms with van der Waals surface area (Å²) < 4.78 is 3.43. The van der Waals surface area contributed by atoms with Crippen LogP contribution in [-0.2, 0) is 19.7 Å². The second-order valence-electron chi connectivity index (χ2n) is 4.98. The van der Waals surface area contributed by atoms with Gasteiger partial charge in [0.25, 0.3) is 0 Å². The van der Waals surface area contributed by atoms with Gasteiger partial charge in [-0.25, -0.2) is 0 Å². The predicted octanol–water partition coefficient (Wildman–Crippen LogP) is -0.900. The van der Waals surface area contributed by atoms with Crippen LogP contribution < -0.4 is 28.1 Å². The molecule has 1 aromatic carbocycles. The Morgan fingerprint density at radius 2 is 2.09 bits per heavy atom. The molecule has 0 fully saturated rings. The van der Waals surface area contributed by atoms with Gasteiger partial charge in [-0.2, -0.15) is 0 Å². The SMILES string of the molecule is [Cl-].[Cl-].[S]=[Zr+2]([C]1=CC=CC1)[c]1cccc2c1C1=CC(Br)SC1=C2. The van der Waals surface area contributed by atoms with E-state index in [1.165, 1.54) is 28.2 Å². The number of alkyl halides is 1. The molecule has 1 atom stereocenters. The molecular weight excluding hydrogens is 498 g/mol. The van der Waals surface area contributed by atoms with Crippen molar-refractivity contribution in [3.05, 3.63) is 61.8 Å². The Balaban J connectivity index is 0.000000882. The van der Waals surface area contributed by atoms with E-state index in [4.69, 9.17) is 8.86 Å². The molecule has 1 aromatic rings. The Bertz CT molecular complexity index is 765. The van der Waals surface area contributed by atoms with Gasteiger partial charge >= 0.3 is 144 Å². The number of rotatable bonds is 2.